The monoisotopic (exact) mass is 287 g/mol. The predicted octanol–water partition coefficient (Wildman–Crippen LogP) is 2.47. The van der Waals surface area contributed by atoms with E-state index in [1.165, 1.54) is 0 Å². The summed E-state index contributed by atoms with van der Waals surface area (Å²) >= 11 is 2.20. The Balaban J connectivity index is 2.70. The van der Waals surface area contributed by atoms with Crippen LogP contribution < -0.4 is 0 Å². The molecular weight excluding hydrogens is 281 g/mol. The minimum atomic E-state index is -0.897. The summed E-state index contributed by atoms with van der Waals surface area (Å²) in [5.74, 6) is -0.897. The lowest BCUT2D eigenvalue weighted by molar-refractivity contribution is 0.0697. The van der Waals surface area contributed by atoms with Crippen LogP contribution in [0, 0.1) is 3.57 Å². The fourth-order valence-electron chi connectivity index (χ4n) is 1.22. The van der Waals surface area contributed by atoms with Gasteiger partial charge in [0.15, 0.2) is 0 Å². The van der Waals surface area contributed by atoms with Crippen molar-refractivity contribution in [3.63, 3.8) is 0 Å². The van der Waals surface area contributed by atoms with E-state index < -0.39 is 5.97 Å². The molecule has 0 aliphatic carbocycles. The number of fused-ring (bicyclic) bond motifs is 1. The number of halogens is 1. The molecule has 13 heavy (non-hydrogen) atoms. The van der Waals surface area contributed by atoms with E-state index in [2.05, 4.69) is 27.6 Å². The largest absolute Gasteiger partial charge is 0.478 e. The molecule has 0 spiro atoms. The Kier molecular flexibility index (Phi) is 1.99. The normalized spacial score (nSPS) is 10.5. The summed E-state index contributed by atoms with van der Waals surface area (Å²) in [5.41, 5.74) is 1.18. The van der Waals surface area contributed by atoms with Gasteiger partial charge in [-0.3, -0.25) is 0 Å². The van der Waals surface area contributed by atoms with Crippen molar-refractivity contribution in [2.45, 2.75) is 0 Å². The number of benzene rings is 1. The van der Waals surface area contributed by atoms with Crippen LogP contribution in [0.2, 0.25) is 0 Å². The second kappa shape index (κ2) is 3.02. The average molecular weight is 287 g/mol. The Morgan fingerprint density at radius 2 is 2.23 bits per heavy atom. The summed E-state index contributed by atoms with van der Waals surface area (Å²) in [7, 11) is 0. The second-order valence-electron chi connectivity index (χ2n) is 2.70. The third kappa shape index (κ3) is 1.41. The number of carboxylic acid groups (broad SMARTS) is 1. The van der Waals surface area contributed by atoms with Crippen LogP contribution in [0.25, 0.3) is 10.9 Å². The summed E-state index contributed by atoms with van der Waals surface area (Å²) in [6.07, 6.45) is 1.86. The molecule has 0 atom stereocenters. The van der Waals surface area contributed by atoms with Gasteiger partial charge in [-0.25, -0.2) is 4.79 Å². The number of aromatic amines is 1. The van der Waals surface area contributed by atoms with Crippen LogP contribution in [0.1, 0.15) is 10.4 Å². The molecule has 0 fully saturated rings. The molecule has 1 heterocycles. The lowest BCUT2D eigenvalue weighted by Gasteiger charge is -1.94. The van der Waals surface area contributed by atoms with E-state index in [9.17, 15) is 4.79 Å². The summed E-state index contributed by atoms with van der Waals surface area (Å²) < 4.78 is 1.10. The Bertz CT molecular complexity index is 475. The molecule has 1 aromatic heterocycles. The standard InChI is InChI=1S/C9H6INO2/c10-7-4-11-8-3-5(9(12)13)1-2-6(7)8/h1-4,11H,(H,12,13). The van der Waals surface area contributed by atoms with Gasteiger partial charge in [-0.2, -0.15) is 0 Å². The molecule has 0 unspecified atom stereocenters. The summed E-state index contributed by atoms with van der Waals surface area (Å²) in [5, 5.41) is 9.80. The maximum atomic E-state index is 10.6. The molecule has 2 rings (SSSR count). The van der Waals surface area contributed by atoms with Crippen molar-refractivity contribution in [1.82, 2.24) is 4.98 Å². The lowest BCUT2D eigenvalue weighted by atomic mass is 10.2. The van der Waals surface area contributed by atoms with Crippen LogP contribution in [-0.4, -0.2) is 16.1 Å². The van der Waals surface area contributed by atoms with E-state index in [1.807, 2.05) is 12.3 Å². The van der Waals surface area contributed by atoms with Gasteiger partial charge in [0.1, 0.15) is 0 Å². The van der Waals surface area contributed by atoms with E-state index in [-0.39, 0.29) is 0 Å². The van der Waals surface area contributed by atoms with Gasteiger partial charge in [0.2, 0.25) is 0 Å². The van der Waals surface area contributed by atoms with Gasteiger partial charge in [0.05, 0.1) is 5.56 Å². The molecule has 2 N–H and O–H groups in total. The van der Waals surface area contributed by atoms with Gasteiger partial charge < -0.3 is 10.1 Å². The zero-order valence-corrected chi connectivity index (χ0v) is 8.70. The number of carbonyl (C=O) groups is 1. The third-order valence-corrected chi connectivity index (χ3v) is 2.77. The van der Waals surface area contributed by atoms with Crippen molar-refractivity contribution < 1.29 is 9.90 Å². The summed E-state index contributed by atoms with van der Waals surface area (Å²) in [6.45, 7) is 0. The maximum Gasteiger partial charge on any atom is 0.335 e. The van der Waals surface area contributed by atoms with Crippen LogP contribution in [-0.2, 0) is 0 Å². The van der Waals surface area contributed by atoms with Gasteiger partial charge in [0.25, 0.3) is 0 Å². The molecule has 4 heteroatoms. The predicted molar refractivity (Wildman–Crippen MR) is 58.0 cm³/mol. The number of hydrogen-bond donors (Lipinski definition) is 2. The first-order valence-electron chi connectivity index (χ1n) is 3.68. The number of rotatable bonds is 1. The van der Waals surface area contributed by atoms with Crippen LogP contribution in [0.5, 0.6) is 0 Å². The fraction of sp³-hybridized carbons (Fsp3) is 0. The Morgan fingerprint density at radius 3 is 2.92 bits per heavy atom. The van der Waals surface area contributed by atoms with Crippen LogP contribution in [0.15, 0.2) is 24.4 Å². The number of hydrogen-bond acceptors (Lipinski definition) is 1. The van der Waals surface area contributed by atoms with Crippen LogP contribution in [0.3, 0.4) is 0 Å². The molecule has 0 saturated heterocycles. The quantitative estimate of drug-likeness (QED) is 0.792. The highest BCUT2D eigenvalue weighted by atomic mass is 127. The van der Waals surface area contributed by atoms with Gasteiger partial charge >= 0.3 is 5.97 Å². The van der Waals surface area contributed by atoms with Crippen molar-refractivity contribution >= 4 is 39.5 Å². The average Bonchev–Trinajstić information content (AvgIpc) is 2.47. The van der Waals surface area contributed by atoms with Gasteiger partial charge in [-0.05, 0) is 34.7 Å². The highest BCUT2D eigenvalue weighted by molar-refractivity contribution is 14.1. The van der Waals surface area contributed by atoms with E-state index >= 15 is 0 Å². The first-order valence-corrected chi connectivity index (χ1v) is 4.76. The number of aromatic nitrogens is 1. The van der Waals surface area contributed by atoms with E-state index in [4.69, 9.17) is 5.11 Å². The van der Waals surface area contributed by atoms with Crippen molar-refractivity contribution in [2.24, 2.45) is 0 Å². The Hall–Kier alpha value is -1.04. The van der Waals surface area contributed by atoms with Crippen LogP contribution in [0.4, 0.5) is 0 Å². The first-order chi connectivity index (χ1) is 6.18. The summed E-state index contributed by atoms with van der Waals surface area (Å²) in [6, 6.07) is 5.07. The SMILES string of the molecule is O=C(O)c1ccc2c(I)c[nH]c2c1. The first kappa shape index (κ1) is 8.55. The molecule has 0 aliphatic rings. The van der Waals surface area contributed by atoms with E-state index in [0.29, 0.717) is 5.56 Å². The second-order valence-corrected chi connectivity index (χ2v) is 3.86. The molecule has 0 radical (unpaired) electrons. The third-order valence-electron chi connectivity index (χ3n) is 1.88. The molecule has 2 aromatic rings. The Labute approximate surface area is 87.9 Å². The molecule has 3 nitrogen and oxygen atoms in total. The topological polar surface area (TPSA) is 53.1 Å². The number of aromatic carboxylic acids is 1. The van der Waals surface area contributed by atoms with Gasteiger partial charge in [-0.1, -0.05) is 6.07 Å². The molecule has 0 bridgehead atoms. The molecule has 0 aliphatic heterocycles. The number of nitrogens with one attached hydrogen (secondary N) is 1. The maximum absolute atomic E-state index is 10.6. The molecule has 0 saturated carbocycles. The molecule has 66 valence electrons. The van der Waals surface area contributed by atoms with Crippen molar-refractivity contribution in [3.05, 3.63) is 33.5 Å². The van der Waals surface area contributed by atoms with Crippen molar-refractivity contribution in [2.75, 3.05) is 0 Å². The zero-order chi connectivity index (χ0) is 9.42. The summed E-state index contributed by atoms with van der Waals surface area (Å²) in [4.78, 5) is 13.6. The van der Waals surface area contributed by atoms with Crippen molar-refractivity contribution in [1.29, 1.82) is 0 Å². The van der Waals surface area contributed by atoms with Crippen molar-refractivity contribution in [3.8, 4) is 0 Å². The molecule has 1 aromatic carbocycles. The highest BCUT2D eigenvalue weighted by Crippen LogP contribution is 2.20. The highest BCUT2D eigenvalue weighted by Gasteiger charge is 2.05. The lowest BCUT2D eigenvalue weighted by Crippen LogP contribution is -1.94. The zero-order valence-electron chi connectivity index (χ0n) is 6.54. The minimum absolute atomic E-state index is 0.311. The number of H-pyrrole nitrogens is 1. The smallest absolute Gasteiger partial charge is 0.335 e. The van der Waals surface area contributed by atoms with Gasteiger partial charge in [0, 0.05) is 20.7 Å². The minimum Gasteiger partial charge on any atom is -0.478 e. The molecular formula is C9H6INO2. The fourth-order valence-corrected chi connectivity index (χ4v) is 1.85. The van der Waals surface area contributed by atoms with Gasteiger partial charge in [-0.15, -0.1) is 0 Å². The van der Waals surface area contributed by atoms with Crippen LogP contribution >= 0.6 is 22.6 Å². The number of carboxylic acids is 1. The van der Waals surface area contributed by atoms with E-state index in [1.54, 1.807) is 12.1 Å². The molecule has 0 amide bonds. The van der Waals surface area contributed by atoms with E-state index in [0.717, 1.165) is 14.5 Å². The Morgan fingerprint density at radius 1 is 1.46 bits per heavy atom.